The van der Waals surface area contributed by atoms with Gasteiger partial charge in [0.25, 0.3) is 0 Å². The highest BCUT2D eigenvalue weighted by molar-refractivity contribution is 6.17. The van der Waals surface area contributed by atoms with Crippen LogP contribution in [0.4, 0.5) is 0 Å². The molecular weight excluding hydrogens is 350 g/mol. The van der Waals surface area contributed by atoms with E-state index in [4.69, 9.17) is 0 Å². The first-order chi connectivity index (χ1) is 14.3. The molecule has 0 atom stereocenters. The molecule has 0 unspecified atom stereocenters. The highest BCUT2D eigenvalue weighted by atomic mass is 14.7. The van der Waals surface area contributed by atoms with Crippen LogP contribution >= 0.6 is 0 Å². The van der Waals surface area contributed by atoms with E-state index in [1.165, 1.54) is 64.9 Å². The Kier molecular flexibility index (Phi) is 2.80. The Hall–Kier alpha value is -3.84. The highest BCUT2D eigenvalue weighted by Crippen LogP contribution is 2.34. The Morgan fingerprint density at radius 2 is 0.690 bits per heavy atom. The lowest BCUT2D eigenvalue weighted by atomic mass is 9.99. The lowest BCUT2D eigenvalue weighted by Gasteiger charge is -2.04. The minimum absolute atomic E-state index is 1.20. The van der Waals surface area contributed by atoms with Gasteiger partial charge in [0.05, 0.1) is 0 Å². The number of aromatic amines is 1. The van der Waals surface area contributed by atoms with Crippen molar-refractivity contribution in [3.63, 3.8) is 0 Å². The molecule has 0 radical (unpaired) electrons. The number of hydrogen-bond acceptors (Lipinski definition) is 0. The van der Waals surface area contributed by atoms with Crippen LogP contribution in [0.1, 0.15) is 0 Å². The van der Waals surface area contributed by atoms with Gasteiger partial charge in [-0.3, -0.25) is 0 Å². The van der Waals surface area contributed by atoms with Crippen LogP contribution in [0, 0.1) is 0 Å². The second kappa shape index (κ2) is 5.36. The monoisotopic (exact) mass is 367 g/mol. The molecule has 1 heteroatoms. The van der Waals surface area contributed by atoms with Crippen molar-refractivity contribution < 1.29 is 0 Å². The van der Waals surface area contributed by atoms with Crippen LogP contribution < -0.4 is 0 Å². The second-order valence-corrected chi connectivity index (χ2v) is 8.01. The lowest BCUT2D eigenvalue weighted by molar-refractivity contribution is 1.56. The highest BCUT2D eigenvalue weighted by Gasteiger charge is 2.09. The van der Waals surface area contributed by atoms with Crippen LogP contribution in [0.3, 0.4) is 0 Å². The molecule has 0 saturated heterocycles. The maximum absolute atomic E-state index is 3.66. The van der Waals surface area contributed by atoms with Gasteiger partial charge in [-0.25, -0.2) is 0 Å². The van der Waals surface area contributed by atoms with Crippen LogP contribution in [0.15, 0.2) is 97.1 Å². The summed E-state index contributed by atoms with van der Waals surface area (Å²) in [7, 11) is 0. The standard InChI is InChI=1S/C28H17N/c1-3-7-19-11-23-15-27-25(13-21(23)9-17(19)5-1)26-14-22-10-18-6-2-4-8-20(18)12-24(22)16-28(26)29-27/h1-16,29H. The molecule has 0 saturated carbocycles. The summed E-state index contributed by atoms with van der Waals surface area (Å²) in [4.78, 5) is 3.66. The Morgan fingerprint density at radius 1 is 0.345 bits per heavy atom. The predicted octanol–water partition coefficient (Wildman–Crippen LogP) is 7.93. The molecule has 7 rings (SSSR count). The van der Waals surface area contributed by atoms with Gasteiger partial charge >= 0.3 is 0 Å². The largest absolute Gasteiger partial charge is 0.354 e. The van der Waals surface area contributed by atoms with Crippen molar-refractivity contribution in [3.8, 4) is 0 Å². The van der Waals surface area contributed by atoms with Crippen LogP contribution in [-0.2, 0) is 0 Å². The minimum atomic E-state index is 1.20. The first-order valence-corrected chi connectivity index (χ1v) is 10.0. The quantitative estimate of drug-likeness (QED) is 0.262. The molecule has 1 N–H and O–H groups in total. The van der Waals surface area contributed by atoms with Crippen molar-refractivity contribution >= 4 is 64.9 Å². The van der Waals surface area contributed by atoms with E-state index in [9.17, 15) is 0 Å². The molecule has 0 fully saturated rings. The number of nitrogens with one attached hydrogen (secondary N) is 1. The molecule has 1 aromatic heterocycles. The summed E-state index contributed by atoms with van der Waals surface area (Å²) in [6.45, 7) is 0. The predicted molar refractivity (Wildman–Crippen MR) is 126 cm³/mol. The summed E-state index contributed by atoms with van der Waals surface area (Å²) in [5.41, 5.74) is 2.39. The van der Waals surface area contributed by atoms with Crippen molar-refractivity contribution in [3.05, 3.63) is 97.1 Å². The minimum Gasteiger partial charge on any atom is -0.354 e. The zero-order chi connectivity index (χ0) is 18.9. The van der Waals surface area contributed by atoms with Crippen LogP contribution in [-0.4, -0.2) is 4.98 Å². The van der Waals surface area contributed by atoms with E-state index in [-0.39, 0.29) is 0 Å². The molecule has 1 heterocycles. The molecule has 29 heavy (non-hydrogen) atoms. The SMILES string of the molecule is c1ccc2cc3cc4c(cc3cc2c1)[nH]c1cc2cc3ccccc3cc2cc14. The zero-order valence-electron chi connectivity index (χ0n) is 15.7. The third-order valence-corrected chi connectivity index (χ3v) is 6.24. The van der Waals surface area contributed by atoms with E-state index in [1.807, 2.05) is 0 Å². The third-order valence-electron chi connectivity index (χ3n) is 6.24. The first kappa shape index (κ1) is 15.1. The van der Waals surface area contributed by atoms with Crippen LogP contribution in [0.2, 0.25) is 0 Å². The molecule has 0 aliphatic carbocycles. The average Bonchev–Trinajstić information content (AvgIpc) is 3.09. The summed E-state index contributed by atoms with van der Waals surface area (Å²) < 4.78 is 0. The smallest absolute Gasteiger partial charge is 0.0471 e. The number of rotatable bonds is 0. The Balaban J connectivity index is 1.59. The van der Waals surface area contributed by atoms with Crippen LogP contribution in [0.25, 0.3) is 64.9 Å². The van der Waals surface area contributed by atoms with Gasteiger partial charge in [0, 0.05) is 21.8 Å². The van der Waals surface area contributed by atoms with Crippen molar-refractivity contribution in [2.45, 2.75) is 0 Å². The van der Waals surface area contributed by atoms with E-state index in [0.29, 0.717) is 0 Å². The van der Waals surface area contributed by atoms with Gasteiger partial charge in [0.15, 0.2) is 0 Å². The Labute approximate surface area is 167 Å². The fourth-order valence-electron chi connectivity index (χ4n) is 4.78. The normalized spacial score (nSPS) is 12.1. The fourth-order valence-corrected chi connectivity index (χ4v) is 4.78. The number of H-pyrrole nitrogens is 1. The van der Waals surface area contributed by atoms with Gasteiger partial charge in [-0.05, 0) is 91.6 Å². The molecule has 134 valence electrons. The van der Waals surface area contributed by atoms with Crippen molar-refractivity contribution in [2.24, 2.45) is 0 Å². The van der Waals surface area contributed by atoms with Gasteiger partial charge in [-0.2, -0.15) is 0 Å². The van der Waals surface area contributed by atoms with E-state index in [0.717, 1.165) is 0 Å². The second-order valence-electron chi connectivity index (χ2n) is 8.01. The summed E-state index contributed by atoms with van der Waals surface area (Å²) in [5, 5.41) is 12.9. The molecule has 0 amide bonds. The number of benzene rings is 6. The summed E-state index contributed by atoms with van der Waals surface area (Å²) in [6, 6.07) is 35.6. The van der Waals surface area contributed by atoms with E-state index < -0.39 is 0 Å². The first-order valence-electron chi connectivity index (χ1n) is 10.0. The average molecular weight is 367 g/mol. The number of aromatic nitrogens is 1. The Morgan fingerprint density at radius 3 is 1.07 bits per heavy atom. The Bertz CT molecular complexity index is 1620. The van der Waals surface area contributed by atoms with Gasteiger partial charge in [-0.1, -0.05) is 48.5 Å². The van der Waals surface area contributed by atoms with Crippen LogP contribution in [0.5, 0.6) is 0 Å². The molecule has 0 aliphatic heterocycles. The van der Waals surface area contributed by atoms with E-state index in [2.05, 4.69) is 102 Å². The third kappa shape index (κ3) is 2.16. The maximum Gasteiger partial charge on any atom is 0.0471 e. The van der Waals surface area contributed by atoms with Gasteiger partial charge < -0.3 is 4.98 Å². The topological polar surface area (TPSA) is 15.8 Å². The van der Waals surface area contributed by atoms with E-state index in [1.54, 1.807) is 0 Å². The lowest BCUT2D eigenvalue weighted by Crippen LogP contribution is -1.78. The molecule has 1 nitrogen and oxygen atoms in total. The fraction of sp³-hybridized carbons (Fsp3) is 0. The number of hydrogen-bond donors (Lipinski definition) is 1. The zero-order valence-corrected chi connectivity index (χ0v) is 15.7. The van der Waals surface area contributed by atoms with Crippen molar-refractivity contribution in [2.75, 3.05) is 0 Å². The van der Waals surface area contributed by atoms with Gasteiger partial charge in [-0.15, -0.1) is 0 Å². The molecule has 0 aliphatic rings. The summed E-state index contributed by atoms with van der Waals surface area (Å²) >= 11 is 0. The summed E-state index contributed by atoms with van der Waals surface area (Å²) in [5.74, 6) is 0. The number of fused-ring (bicyclic) bond motifs is 7. The van der Waals surface area contributed by atoms with E-state index >= 15 is 0 Å². The molecule has 7 aromatic rings. The van der Waals surface area contributed by atoms with Gasteiger partial charge in [0.2, 0.25) is 0 Å². The van der Waals surface area contributed by atoms with Crippen molar-refractivity contribution in [1.29, 1.82) is 0 Å². The molecular formula is C28H17N. The van der Waals surface area contributed by atoms with Gasteiger partial charge in [0.1, 0.15) is 0 Å². The van der Waals surface area contributed by atoms with Crippen molar-refractivity contribution in [1.82, 2.24) is 4.98 Å². The molecule has 0 bridgehead atoms. The molecule has 6 aromatic carbocycles. The molecule has 0 spiro atoms. The summed E-state index contributed by atoms with van der Waals surface area (Å²) in [6.07, 6.45) is 0. The maximum atomic E-state index is 3.66.